The van der Waals surface area contributed by atoms with Crippen molar-refractivity contribution in [2.24, 2.45) is 0 Å². The predicted octanol–water partition coefficient (Wildman–Crippen LogP) is 4.48. The second-order valence-corrected chi connectivity index (χ2v) is 6.22. The summed E-state index contributed by atoms with van der Waals surface area (Å²) in [5.74, 6) is 0.110. The largest absolute Gasteiger partial charge is 0.396 e. The van der Waals surface area contributed by atoms with Gasteiger partial charge in [0.15, 0.2) is 0 Å². The van der Waals surface area contributed by atoms with E-state index in [-0.39, 0.29) is 12.5 Å². The van der Waals surface area contributed by atoms with Crippen LogP contribution in [0.2, 0.25) is 5.02 Å². The first-order chi connectivity index (χ1) is 8.19. The lowest BCUT2D eigenvalue weighted by Crippen LogP contribution is -2.06. The molecule has 1 aromatic heterocycles. The van der Waals surface area contributed by atoms with Crippen LogP contribution >= 0.6 is 38.9 Å². The van der Waals surface area contributed by atoms with E-state index in [1.807, 2.05) is 24.3 Å². The van der Waals surface area contributed by atoms with Crippen LogP contribution in [-0.4, -0.2) is 11.7 Å². The van der Waals surface area contributed by atoms with Gasteiger partial charge >= 0.3 is 0 Å². The molecule has 0 saturated heterocycles. The molecule has 1 atom stereocenters. The summed E-state index contributed by atoms with van der Waals surface area (Å²) in [6.45, 7) is 0.135. The fourth-order valence-electron chi connectivity index (χ4n) is 1.75. The highest BCUT2D eigenvalue weighted by molar-refractivity contribution is 9.10. The summed E-state index contributed by atoms with van der Waals surface area (Å²) >= 11 is 11.1. The minimum Gasteiger partial charge on any atom is -0.396 e. The number of halogens is 2. The molecule has 0 amide bonds. The van der Waals surface area contributed by atoms with Crippen LogP contribution in [0, 0.1) is 0 Å². The Balaban J connectivity index is 2.16. The van der Waals surface area contributed by atoms with Gasteiger partial charge in [0.1, 0.15) is 0 Å². The maximum atomic E-state index is 9.49. The van der Waals surface area contributed by atoms with Gasteiger partial charge in [0.05, 0.1) is 6.61 Å². The zero-order chi connectivity index (χ0) is 12.3. The second-order valence-electron chi connectivity index (χ2n) is 3.87. The first-order valence-electron chi connectivity index (χ1n) is 5.28. The van der Waals surface area contributed by atoms with Crippen LogP contribution in [-0.2, 0) is 6.42 Å². The quantitative estimate of drug-likeness (QED) is 0.875. The first-order valence-corrected chi connectivity index (χ1v) is 7.33. The summed E-state index contributed by atoms with van der Waals surface area (Å²) in [6.07, 6.45) is 0.840. The van der Waals surface area contributed by atoms with Gasteiger partial charge in [-0.15, -0.1) is 11.3 Å². The van der Waals surface area contributed by atoms with Gasteiger partial charge in [-0.3, -0.25) is 0 Å². The fourth-order valence-corrected chi connectivity index (χ4v) is 3.48. The zero-order valence-corrected chi connectivity index (χ0v) is 12.2. The van der Waals surface area contributed by atoms with Gasteiger partial charge in [-0.05, 0) is 46.1 Å². The SMILES string of the molecule is OCC(Cc1cc(Br)cs1)c1cccc(Cl)c1. The minimum atomic E-state index is 0.110. The van der Waals surface area contributed by atoms with Gasteiger partial charge in [-0.1, -0.05) is 23.7 Å². The topological polar surface area (TPSA) is 20.2 Å². The minimum absolute atomic E-state index is 0.110. The Kier molecular flexibility index (Phi) is 4.62. The number of hydrogen-bond acceptors (Lipinski definition) is 2. The molecule has 17 heavy (non-hydrogen) atoms. The molecule has 4 heteroatoms. The Morgan fingerprint density at radius 1 is 1.35 bits per heavy atom. The van der Waals surface area contributed by atoms with Crippen molar-refractivity contribution in [2.75, 3.05) is 6.61 Å². The van der Waals surface area contributed by atoms with E-state index in [0.717, 1.165) is 16.5 Å². The summed E-state index contributed by atoms with van der Waals surface area (Å²) in [5, 5.41) is 12.3. The third kappa shape index (κ3) is 3.55. The maximum absolute atomic E-state index is 9.49. The molecule has 1 nitrogen and oxygen atoms in total. The van der Waals surface area contributed by atoms with Crippen LogP contribution in [0.3, 0.4) is 0 Å². The van der Waals surface area contributed by atoms with E-state index < -0.39 is 0 Å². The maximum Gasteiger partial charge on any atom is 0.0503 e. The molecular formula is C13H12BrClOS. The van der Waals surface area contributed by atoms with E-state index >= 15 is 0 Å². The summed E-state index contributed by atoms with van der Waals surface area (Å²) < 4.78 is 1.10. The van der Waals surface area contributed by atoms with Crippen molar-refractivity contribution in [2.45, 2.75) is 12.3 Å². The molecule has 1 unspecified atom stereocenters. The van der Waals surface area contributed by atoms with Crippen molar-refractivity contribution in [3.05, 3.63) is 55.6 Å². The molecule has 0 bridgehead atoms. The normalized spacial score (nSPS) is 12.6. The van der Waals surface area contributed by atoms with Crippen molar-refractivity contribution < 1.29 is 5.11 Å². The molecule has 0 fully saturated rings. The summed E-state index contributed by atoms with van der Waals surface area (Å²) in [4.78, 5) is 1.26. The van der Waals surface area contributed by atoms with E-state index in [1.165, 1.54) is 4.88 Å². The van der Waals surface area contributed by atoms with E-state index in [0.29, 0.717) is 5.02 Å². The monoisotopic (exact) mass is 330 g/mol. The number of aliphatic hydroxyl groups is 1. The van der Waals surface area contributed by atoms with Crippen LogP contribution in [0.5, 0.6) is 0 Å². The van der Waals surface area contributed by atoms with E-state index in [9.17, 15) is 5.11 Å². The summed E-state index contributed by atoms with van der Waals surface area (Å²) in [5.41, 5.74) is 1.09. The second kappa shape index (κ2) is 6.01. The van der Waals surface area contributed by atoms with Crippen LogP contribution in [0.15, 0.2) is 40.2 Å². The van der Waals surface area contributed by atoms with Crippen molar-refractivity contribution in [1.82, 2.24) is 0 Å². The van der Waals surface area contributed by atoms with Gasteiger partial charge in [0.25, 0.3) is 0 Å². The van der Waals surface area contributed by atoms with Gasteiger partial charge in [0.2, 0.25) is 0 Å². The van der Waals surface area contributed by atoms with Gasteiger partial charge in [-0.25, -0.2) is 0 Å². The van der Waals surface area contributed by atoms with Gasteiger partial charge in [-0.2, -0.15) is 0 Å². The lowest BCUT2D eigenvalue weighted by atomic mass is 9.96. The molecule has 2 aromatic rings. The molecule has 90 valence electrons. The van der Waals surface area contributed by atoms with Crippen LogP contribution < -0.4 is 0 Å². The average Bonchev–Trinajstić information content (AvgIpc) is 2.72. The Hall–Kier alpha value is -0.350. The van der Waals surface area contributed by atoms with E-state index in [4.69, 9.17) is 11.6 Å². The fraction of sp³-hybridized carbons (Fsp3) is 0.231. The smallest absolute Gasteiger partial charge is 0.0503 e. The Bertz CT molecular complexity index is 498. The molecule has 2 rings (SSSR count). The lowest BCUT2D eigenvalue weighted by Gasteiger charge is -2.13. The molecule has 0 aliphatic heterocycles. The summed E-state index contributed by atoms with van der Waals surface area (Å²) in [6, 6.07) is 9.80. The molecule has 1 heterocycles. The lowest BCUT2D eigenvalue weighted by molar-refractivity contribution is 0.265. The third-order valence-electron chi connectivity index (χ3n) is 2.61. The number of thiophene rings is 1. The standard InChI is InChI=1S/C13H12BrClOS/c14-11-6-13(17-8-11)5-10(7-16)9-2-1-3-12(15)4-9/h1-4,6,8,10,16H,5,7H2. The van der Waals surface area contributed by atoms with Gasteiger partial charge in [0, 0.05) is 25.7 Å². The third-order valence-corrected chi connectivity index (χ3v) is 4.56. The van der Waals surface area contributed by atoms with Crippen LogP contribution in [0.4, 0.5) is 0 Å². The zero-order valence-electron chi connectivity index (χ0n) is 9.07. The molecule has 0 spiro atoms. The van der Waals surface area contributed by atoms with Crippen molar-refractivity contribution in [3.63, 3.8) is 0 Å². The van der Waals surface area contributed by atoms with Crippen LogP contribution in [0.1, 0.15) is 16.4 Å². The van der Waals surface area contributed by atoms with Crippen molar-refractivity contribution >= 4 is 38.9 Å². The predicted molar refractivity (Wildman–Crippen MR) is 77.0 cm³/mol. The molecule has 0 aliphatic carbocycles. The number of hydrogen-bond donors (Lipinski definition) is 1. The van der Waals surface area contributed by atoms with Crippen molar-refractivity contribution in [1.29, 1.82) is 0 Å². The molecule has 1 aromatic carbocycles. The number of aliphatic hydroxyl groups excluding tert-OH is 1. The highest BCUT2D eigenvalue weighted by Crippen LogP contribution is 2.27. The van der Waals surface area contributed by atoms with Crippen LogP contribution in [0.25, 0.3) is 0 Å². The molecular weight excluding hydrogens is 320 g/mol. The molecule has 0 saturated carbocycles. The summed E-state index contributed by atoms with van der Waals surface area (Å²) in [7, 11) is 0. The Morgan fingerprint density at radius 2 is 2.18 bits per heavy atom. The van der Waals surface area contributed by atoms with E-state index in [2.05, 4.69) is 27.4 Å². The average molecular weight is 332 g/mol. The van der Waals surface area contributed by atoms with E-state index in [1.54, 1.807) is 11.3 Å². The first kappa shape index (κ1) is 13.1. The number of rotatable bonds is 4. The molecule has 0 aliphatic rings. The Labute approximate surface area is 118 Å². The number of benzene rings is 1. The van der Waals surface area contributed by atoms with Crippen molar-refractivity contribution in [3.8, 4) is 0 Å². The molecule has 0 radical (unpaired) electrons. The Morgan fingerprint density at radius 3 is 2.76 bits per heavy atom. The molecule has 1 N–H and O–H groups in total. The highest BCUT2D eigenvalue weighted by atomic mass is 79.9. The van der Waals surface area contributed by atoms with Gasteiger partial charge < -0.3 is 5.11 Å². The highest BCUT2D eigenvalue weighted by Gasteiger charge is 2.12.